The van der Waals surface area contributed by atoms with Crippen molar-refractivity contribution >= 4 is 32.7 Å². The van der Waals surface area contributed by atoms with Crippen LogP contribution in [0.1, 0.15) is 15.9 Å². The lowest BCUT2D eigenvalue weighted by molar-refractivity contribution is 0.0633. The summed E-state index contributed by atoms with van der Waals surface area (Å²) in [5, 5.41) is 0.747. The van der Waals surface area contributed by atoms with Gasteiger partial charge in [-0.2, -0.15) is 0 Å². The van der Waals surface area contributed by atoms with Crippen LogP contribution in [0, 0.1) is 5.82 Å². The zero-order valence-electron chi connectivity index (χ0n) is 20.3. The third-order valence-corrected chi connectivity index (χ3v) is 8.03. The number of pyridine rings is 1. The molecule has 0 bridgehead atoms. The van der Waals surface area contributed by atoms with Crippen molar-refractivity contribution in [2.24, 2.45) is 0 Å². The van der Waals surface area contributed by atoms with Crippen molar-refractivity contribution in [3.8, 4) is 5.75 Å². The van der Waals surface area contributed by atoms with Gasteiger partial charge in [-0.1, -0.05) is 36.4 Å². The number of carbonyl (C=O) groups excluding carboxylic acids is 2. The summed E-state index contributed by atoms with van der Waals surface area (Å²) in [7, 11) is -3.66. The molecule has 0 aliphatic carbocycles. The number of nitrogens with zero attached hydrogens (tertiary/aromatic N) is 3. The molecule has 0 spiro atoms. The topological polar surface area (TPSA) is 96.9 Å². The summed E-state index contributed by atoms with van der Waals surface area (Å²) in [6, 6.07) is 20.5. The molecule has 0 unspecified atom stereocenters. The first kappa shape index (κ1) is 25.3. The van der Waals surface area contributed by atoms with Gasteiger partial charge >= 0.3 is 6.09 Å². The molecule has 8 nitrogen and oxygen atoms in total. The van der Waals surface area contributed by atoms with Gasteiger partial charge in [0, 0.05) is 49.4 Å². The van der Waals surface area contributed by atoms with Gasteiger partial charge in [-0.15, -0.1) is 0 Å². The number of carbonyl (C=O) groups is 2. The van der Waals surface area contributed by atoms with E-state index < -0.39 is 21.7 Å². The smallest absolute Gasteiger partial charge is 0.410 e. The molecule has 1 fully saturated rings. The van der Waals surface area contributed by atoms with Crippen LogP contribution in [-0.4, -0.2) is 61.4 Å². The molecule has 0 radical (unpaired) electrons. The summed E-state index contributed by atoms with van der Waals surface area (Å²) >= 11 is 0. The Morgan fingerprint density at radius 1 is 0.868 bits per heavy atom. The Balaban J connectivity index is 1.20. The SMILES string of the molecule is O=C(Oc1cccc(F)c1)N1CCN(C(=O)c2ccc(CS(=O)(=O)c3cccc4cccnc34)cc2)CC1. The molecule has 4 aromatic rings. The summed E-state index contributed by atoms with van der Waals surface area (Å²) in [5.74, 6) is -0.813. The van der Waals surface area contributed by atoms with Crippen LogP contribution in [0.15, 0.2) is 90.0 Å². The average Bonchev–Trinajstić information content (AvgIpc) is 2.92. The minimum Gasteiger partial charge on any atom is -0.410 e. The van der Waals surface area contributed by atoms with Crippen LogP contribution >= 0.6 is 0 Å². The molecular weight excluding hydrogens is 509 g/mol. The van der Waals surface area contributed by atoms with Crippen molar-refractivity contribution in [1.82, 2.24) is 14.8 Å². The number of rotatable bonds is 5. The van der Waals surface area contributed by atoms with E-state index in [2.05, 4.69) is 4.98 Å². The molecule has 1 aliphatic rings. The monoisotopic (exact) mass is 533 g/mol. The lowest BCUT2D eigenvalue weighted by atomic mass is 10.1. The van der Waals surface area contributed by atoms with Gasteiger partial charge in [0.25, 0.3) is 5.91 Å². The minimum absolute atomic E-state index is 0.118. The number of aromatic nitrogens is 1. The molecule has 2 amide bonds. The number of para-hydroxylation sites is 1. The molecule has 0 atom stereocenters. The van der Waals surface area contributed by atoms with Gasteiger partial charge in [-0.25, -0.2) is 17.6 Å². The second-order valence-electron chi connectivity index (χ2n) is 8.89. The van der Waals surface area contributed by atoms with Crippen molar-refractivity contribution in [2.75, 3.05) is 26.2 Å². The first-order valence-electron chi connectivity index (χ1n) is 12.0. The van der Waals surface area contributed by atoms with E-state index >= 15 is 0 Å². The third-order valence-electron chi connectivity index (χ3n) is 6.31. The van der Waals surface area contributed by atoms with Crippen LogP contribution in [0.4, 0.5) is 9.18 Å². The van der Waals surface area contributed by atoms with E-state index in [1.165, 1.54) is 23.1 Å². The second kappa shape index (κ2) is 10.6. The van der Waals surface area contributed by atoms with Gasteiger partial charge in [0.1, 0.15) is 11.6 Å². The van der Waals surface area contributed by atoms with Gasteiger partial charge in [-0.3, -0.25) is 9.78 Å². The van der Waals surface area contributed by atoms with Crippen molar-refractivity contribution in [3.05, 3.63) is 102 Å². The molecule has 1 aliphatic heterocycles. The Morgan fingerprint density at radius 2 is 1.55 bits per heavy atom. The van der Waals surface area contributed by atoms with E-state index in [4.69, 9.17) is 4.74 Å². The average molecular weight is 534 g/mol. The van der Waals surface area contributed by atoms with E-state index in [1.807, 2.05) is 12.1 Å². The molecule has 2 heterocycles. The number of ether oxygens (including phenoxy) is 1. The van der Waals surface area contributed by atoms with Crippen molar-refractivity contribution < 1.29 is 27.1 Å². The van der Waals surface area contributed by atoms with Crippen LogP contribution < -0.4 is 4.74 Å². The second-order valence-corrected chi connectivity index (χ2v) is 10.8. The number of amides is 2. The molecule has 38 heavy (non-hydrogen) atoms. The highest BCUT2D eigenvalue weighted by atomic mass is 32.2. The van der Waals surface area contributed by atoms with E-state index in [0.29, 0.717) is 29.7 Å². The predicted octanol–water partition coefficient (Wildman–Crippen LogP) is 4.30. The molecule has 3 aromatic carbocycles. The molecule has 1 saturated heterocycles. The van der Waals surface area contributed by atoms with Gasteiger partial charge in [0.05, 0.1) is 16.2 Å². The number of hydrogen-bond donors (Lipinski definition) is 0. The van der Waals surface area contributed by atoms with E-state index in [9.17, 15) is 22.4 Å². The Morgan fingerprint density at radius 3 is 2.29 bits per heavy atom. The fraction of sp³-hybridized carbons (Fsp3) is 0.179. The summed E-state index contributed by atoms with van der Waals surface area (Å²) in [4.78, 5) is 32.9. The Bertz CT molecular complexity index is 1600. The van der Waals surface area contributed by atoms with Crippen molar-refractivity contribution in [2.45, 2.75) is 10.6 Å². The van der Waals surface area contributed by atoms with Crippen LogP contribution in [0.5, 0.6) is 5.75 Å². The Labute approximate surface area is 219 Å². The lowest BCUT2D eigenvalue weighted by Gasteiger charge is -2.34. The highest BCUT2D eigenvalue weighted by Gasteiger charge is 2.26. The first-order valence-corrected chi connectivity index (χ1v) is 13.6. The molecule has 10 heteroatoms. The maximum Gasteiger partial charge on any atom is 0.415 e. The van der Waals surface area contributed by atoms with Gasteiger partial charge in [0.15, 0.2) is 9.84 Å². The molecule has 0 N–H and O–H groups in total. The number of halogens is 1. The largest absolute Gasteiger partial charge is 0.415 e. The number of sulfone groups is 1. The molecule has 0 saturated carbocycles. The standard InChI is InChI=1S/C28H24FN3O5S/c29-23-6-2-7-24(18-23)37-28(34)32-16-14-31(15-17-32)27(33)22-11-9-20(10-12-22)19-38(35,36)25-8-1-4-21-5-3-13-30-26(21)25/h1-13,18H,14-17,19H2. The summed E-state index contributed by atoms with van der Waals surface area (Å²) in [6.07, 6.45) is 0.962. The van der Waals surface area contributed by atoms with Crippen LogP contribution in [0.3, 0.4) is 0 Å². The van der Waals surface area contributed by atoms with Crippen molar-refractivity contribution in [3.63, 3.8) is 0 Å². The summed E-state index contributed by atoms with van der Waals surface area (Å²) in [6.45, 7) is 1.16. The predicted molar refractivity (Wildman–Crippen MR) is 139 cm³/mol. The number of hydrogen-bond acceptors (Lipinski definition) is 6. The minimum atomic E-state index is -3.66. The van der Waals surface area contributed by atoms with E-state index in [1.54, 1.807) is 53.6 Å². The number of benzene rings is 3. The van der Waals surface area contributed by atoms with Crippen LogP contribution in [0.25, 0.3) is 10.9 Å². The molecular formula is C28H24FN3O5S. The zero-order valence-corrected chi connectivity index (χ0v) is 21.1. The molecule has 194 valence electrons. The van der Waals surface area contributed by atoms with Crippen LogP contribution in [0.2, 0.25) is 0 Å². The maximum absolute atomic E-state index is 13.3. The summed E-state index contributed by atoms with van der Waals surface area (Å²) in [5.41, 5.74) is 1.41. The molecule has 5 rings (SSSR count). The molecule has 1 aromatic heterocycles. The third kappa shape index (κ3) is 5.50. The normalized spacial score (nSPS) is 13.9. The number of piperazine rings is 1. The lowest BCUT2D eigenvalue weighted by Crippen LogP contribution is -2.51. The van der Waals surface area contributed by atoms with Gasteiger partial charge in [0.2, 0.25) is 0 Å². The summed E-state index contributed by atoms with van der Waals surface area (Å²) < 4.78 is 44.8. The fourth-order valence-corrected chi connectivity index (χ4v) is 5.88. The maximum atomic E-state index is 13.3. The Hall–Kier alpha value is -4.31. The van der Waals surface area contributed by atoms with Crippen molar-refractivity contribution in [1.29, 1.82) is 0 Å². The quantitative estimate of drug-likeness (QED) is 0.380. The van der Waals surface area contributed by atoms with Gasteiger partial charge in [-0.05, 0) is 42.0 Å². The van der Waals surface area contributed by atoms with Gasteiger partial charge < -0.3 is 14.5 Å². The fourth-order valence-electron chi connectivity index (χ4n) is 4.34. The van der Waals surface area contributed by atoms with Crippen LogP contribution in [-0.2, 0) is 15.6 Å². The van der Waals surface area contributed by atoms with E-state index in [-0.39, 0.29) is 35.4 Å². The highest BCUT2D eigenvalue weighted by molar-refractivity contribution is 7.90. The first-order chi connectivity index (χ1) is 18.3. The highest BCUT2D eigenvalue weighted by Crippen LogP contribution is 2.24. The Kier molecular flexibility index (Phi) is 7.06. The van der Waals surface area contributed by atoms with E-state index in [0.717, 1.165) is 11.5 Å². The zero-order chi connectivity index (χ0) is 26.7. The number of fused-ring (bicyclic) bond motifs is 1.